The molecule has 0 aliphatic rings. The van der Waals surface area contributed by atoms with Crippen molar-refractivity contribution in [2.24, 2.45) is 0 Å². The van der Waals surface area contributed by atoms with Gasteiger partial charge in [-0.1, -0.05) is 23.2 Å². The largest absolute Gasteiger partial charge is 0.493 e. The van der Waals surface area contributed by atoms with Crippen LogP contribution in [0.2, 0.25) is 10.0 Å². The lowest BCUT2D eigenvalue weighted by Gasteiger charge is -2.11. The second kappa shape index (κ2) is 9.60. The second-order valence-electron chi connectivity index (χ2n) is 7.14. The maximum atomic E-state index is 12.4. The van der Waals surface area contributed by atoms with Gasteiger partial charge in [0.05, 0.1) is 19.2 Å². The van der Waals surface area contributed by atoms with Gasteiger partial charge in [-0.05, 0) is 61.0 Å². The highest BCUT2D eigenvalue weighted by Crippen LogP contribution is 2.34. The molecule has 170 valence electrons. The molecule has 33 heavy (non-hydrogen) atoms. The van der Waals surface area contributed by atoms with Crippen LogP contribution in [0.1, 0.15) is 5.56 Å². The second-order valence-corrected chi connectivity index (χ2v) is 7.99. The van der Waals surface area contributed by atoms with Gasteiger partial charge in [0.15, 0.2) is 23.7 Å². The molecule has 4 aromatic rings. The summed E-state index contributed by atoms with van der Waals surface area (Å²) < 4.78 is 22.1. The molecule has 0 atom stereocenters. The Labute approximate surface area is 200 Å². The third-order valence-electron chi connectivity index (χ3n) is 4.84. The molecule has 1 N–H and O–H groups in total. The fourth-order valence-electron chi connectivity index (χ4n) is 3.30. The lowest BCUT2D eigenvalue weighted by atomic mass is 10.2. The minimum absolute atomic E-state index is 0.212. The zero-order valence-corrected chi connectivity index (χ0v) is 19.6. The highest BCUT2D eigenvalue weighted by Gasteiger charge is 2.14. The standard InChI is InChI=1S/C24H20Cl2N2O5/c1-13-8-15(25)10-17(26)23(13)32-12-22(29)27-16-5-7-19-18(11-16)28-24(33-19)14-4-6-20(30-2)21(9-14)31-3/h4-11H,12H2,1-3H3,(H,27,29). The van der Waals surface area contributed by atoms with Gasteiger partial charge >= 0.3 is 0 Å². The molecule has 0 unspecified atom stereocenters. The monoisotopic (exact) mass is 486 g/mol. The molecule has 1 heterocycles. The molecule has 1 amide bonds. The molecule has 0 aliphatic heterocycles. The highest BCUT2D eigenvalue weighted by atomic mass is 35.5. The summed E-state index contributed by atoms with van der Waals surface area (Å²) in [7, 11) is 3.14. The molecule has 4 rings (SSSR count). The molecule has 0 spiro atoms. The maximum absolute atomic E-state index is 12.4. The number of nitrogens with zero attached hydrogens (tertiary/aromatic N) is 1. The van der Waals surface area contributed by atoms with Gasteiger partial charge in [-0.3, -0.25) is 4.79 Å². The first-order valence-corrected chi connectivity index (χ1v) is 10.6. The summed E-state index contributed by atoms with van der Waals surface area (Å²) in [4.78, 5) is 16.9. The van der Waals surface area contributed by atoms with E-state index >= 15 is 0 Å². The number of methoxy groups -OCH3 is 2. The van der Waals surface area contributed by atoms with Crippen LogP contribution < -0.4 is 19.5 Å². The van der Waals surface area contributed by atoms with Gasteiger partial charge in [-0.2, -0.15) is 0 Å². The van der Waals surface area contributed by atoms with Crippen LogP contribution in [0.25, 0.3) is 22.6 Å². The summed E-state index contributed by atoms with van der Waals surface area (Å²) in [6.45, 7) is 1.59. The lowest BCUT2D eigenvalue weighted by molar-refractivity contribution is -0.118. The van der Waals surface area contributed by atoms with E-state index in [1.54, 1.807) is 63.6 Å². The van der Waals surface area contributed by atoms with Crippen LogP contribution in [0.5, 0.6) is 17.2 Å². The Morgan fingerprint density at radius 2 is 1.82 bits per heavy atom. The zero-order valence-electron chi connectivity index (χ0n) is 18.1. The Morgan fingerprint density at radius 3 is 2.55 bits per heavy atom. The van der Waals surface area contributed by atoms with Crippen molar-refractivity contribution < 1.29 is 23.4 Å². The third kappa shape index (κ3) is 4.99. The lowest BCUT2D eigenvalue weighted by Crippen LogP contribution is -2.20. The van der Waals surface area contributed by atoms with E-state index in [1.807, 2.05) is 6.07 Å². The predicted octanol–water partition coefficient (Wildman–Crippen LogP) is 6.14. The van der Waals surface area contributed by atoms with E-state index in [9.17, 15) is 4.79 Å². The van der Waals surface area contributed by atoms with E-state index in [1.165, 1.54) is 0 Å². The van der Waals surface area contributed by atoms with Crippen molar-refractivity contribution in [2.45, 2.75) is 6.92 Å². The summed E-state index contributed by atoms with van der Waals surface area (Å²) in [5, 5.41) is 3.63. The molecule has 0 aliphatic carbocycles. The number of nitrogens with one attached hydrogen (secondary N) is 1. The number of hydrogen-bond donors (Lipinski definition) is 1. The van der Waals surface area contributed by atoms with Crippen LogP contribution in [0.15, 0.2) is 52.9 Å². The van der Waals surface area contributed by atoms with E-state index in [4.69, 9.17) is 41.8 Å². The number of carbonyl (C=O) groups is 1. The van der Waals surface area contributed by atoms with E-state index in [0.717, 1.165) is 11.1 Å². The number of anilines is 1. The number of benzene rings is 3. The summed E-state index contributed by atoms with van der Waals surface area (Å²) in [5.74, 6) is 1.68. The number of amides is 1. The van der Waals surface area contributed by atoms with Crippen molar-refractivity contribution >= 4 is 45.9 Å². The Morgan fingerprint density at radius 1 is 1.03 bits per heavy atom. The number of carbonyl (C=O) groups excluding carboxylic acids is 1. The predicted molar refractivity (Wildman–Crippen MR) is 128 cm³/mol. The van der Waals surface area contributed by atoms with Crippen LogP contribution in [-0.4, -0.2) is 31.7 Å². The van der Waals surface area contributed by atoms with Gasteiger partial charge in [0.25, 0.3) is 5.91 Å². The van der Waals surface area contributed by atoms with Crippen LogP contribution in [0, 0.1) is 6.92 Å². The van der Waals surface area contributed by atoms with E-state index in [2.05, 4.69) is 10.3 Å². The molecule has 1 aromatic heterocycles. The van der Waals surface area contributed by atoms with Crippen LogP contribution >= 0.6 is 23.2 Å². The minimum Gasteiger partial charge on any atom is -0.493 e. The molecule has 0 saturated carbocycles. The number of fused-ring (bicyclic) bond motifs is 1. The summed E-state index contributed by atoms with van der Waals surface area (Å²) in [5.41, 5.74) is 3.21. The van der Waals surface area contributed by atoms with Crippen molar-refractivity contribution in [3.8, 4) is 28.7 Å². The van der Waals surface area contributed by atoms with Gasteiger partial charge in [0, 0.05) is 16.3 Å². The molecule has 7 nitrogen and oxygen atoms in total. The van der Waals surface area contributed by atoms with Gasteiger partial charge in [0.2, 0.25) is 5.89 Å². The normalized spacial score (nSPS) is 10.8. The van der Waals surface area contributed by atoms with E-state index in [-0.39, 0.29) is 12.5 Å². The molecular weight excluding hydrogens is 467 g/mol. The van der Waals surface area contributed by atoms with Crippen molar-refractivity contribution in [3.05, 3.63) is 64.1 Å². The van der Waals surface area contributed by atoms with Crippen LogP contribution in [-0.2, 0) is 4.79 Å². The number of rotatable bonds is 7. The number of halogens is 2. The molecule has 0 fully saturated rings. The zero-order chi connectivity index (χ0) is 23.5. The summed E-state index contributed by atoms with van der Waals surface area (Å²) in [6.07, 6.45) is 0. The van der Waals surface area contributed by atoms with Crippen molar-refractivity contribution in [2.75, 3.05) is 26.1 Å². The molecular formula is C24H20Cl2N2O5. The topological polar surface area (TPSA) is 82.8 Å². The van der Waals surface area contributed by atoms with Crippen LogP contribution in [0.3, 0.4) is 0 Å². The Bertz CT molecular complexity index is 1310. The Kier molecular flexibility index (Phi) is 6.62. The number of ether oxygens (including phenoxy) is 3. The van der Waals surface area contributed by atoms with Crippen molar-refractivity contribution in [3.63, 3.8) is 0 Å². The Balaban J connectivity index is 1.48. The smallest absolute Gasteiger partial charge is 0.262 e. The number of aryl methyl sites for hydroxylation is 1. The summed E-state index contributed by atoms with van der Waals surface area (Å²) in [6, 6.07) is 13.9. The van der Waals surface area contributed by atoms with Gasteiger partial charge < -0.3 is 23.9 Å². The van der Waals surface area contributed by atoms with Crippen LogP contribution in [0.4, 0.5) is 5.69 Å². The van der Waals surface area contributed by atoms with Crippen molar-refractivity contribution in [1.82, 2.24) is 4.98 Å². The first-order valence-electron chi connectivity index (χ1n) is 9.89. The molecule has 0 saturated heterocycles. The van der Waals surface area contributed by atoms with Gasteiger partial charge in [-0.25, -0.2) is 4.98 Å². The minimum atomic E-state index is -0.344. The number of oxazole rings is 1. The molecule has 0 radical (unpaired) electrons. The average molecular weight is 487 g/mol. The fourth-order valence-corrected chi connectivity index (χ4v) is 3.95. The average Bonchev–Trinajstić information content (AvgIpc) is 3.21. The van der Waals surface area contributed by atoms with Gasteiger partial charge in [0.1, 0.15) is 11.3 Å². The molecule has 3 aromatic carbocycles. The first kappa shape index (κ1) is 22.8. The Hall–Kier alpha value is -3.42. The van der Waals surface area contributed by atoms with E-state index in [0.29, 0.717) is 50.0 Å². The number of hydrogen-bond acceptors (Lipinski definition) is 6. The molecule has 9 heteroatoms. The van der Waals surface area contributed by atoms with Crippen molar-refractivity contribution in [1.29, 1.82) is 0 Å². The fraction of sp³-hybridized carbons (Fsp3) is 0.167. The first-order chi connectivity index (χ1) is 15.9. The van der Waals surface area contributed by atoms with Gasteiger partial charge in [-0.15, -0.1) is 0 Å². The third-order valence-corrected chi connectivity index (χ3v) is 5.34. The maximum Gasteiger partial charge on any atom is 0.262 e. The van der Waals surface area contributed by atoms with E-state index < -0.39 is 0 Å². The molecule has 0 bridgehead atoms. The quantitative estimate of drug-likeness (QED) is 0.337. The summed E-state index contributed by atoms with van der Waals surface area (Å²) >= 11 is 12.1. The SMILES string of the molecule is COc1ccc(-c2nc3cc(NC(=O)COc4c(C)cc(Cl)cc4Cl)ccc3o2)cc1OC. The number of aromatic nitrogens is 1. The highest BCUT2D eigenvalue weighted by molar-refractivity contribution is 6.35.